The van der Waals surface area contributed by atoms with Crippen molar-refractivity contribution in [2.24, 2.45) is 11.1 Å². The van der Waals surface area contributed by atoms with Crippen molar-refractivity contribution in [1.82, 2.24) is 0 Å². The van der Waals surface area contributed by atoms with Gasteiger partial charge < -0.3 is 14.3 Å². The first-order chi connectivity index (χ1) is 11.5. The Labute approximate surface area is 138 Å². The summed E-state index contributed by atoms with van der Waals surface area (Å²) in [6.45, 7) is 2.01. The first-order valence-corrected chi connectivity index (χ1v) is 7.88. The Morgan fingerprint density at radius 3 is 2.83 bits per heavy atom. The van der Waals surface area contributed by atoms with Gasteiger partial charge in [-0.1, -0.05) is 35.5 Å². The lowest BCUT2D eigenvalue weighted by Gasteiger charge is -2.26. The Morgan fingerprint density at radius 2 is 2.12 bits per heavy atom. The molecule has 0 saturated heterocycles. The molecule has 0 aromatic heterocycles. The van der Waals surface area contributed by atoms with Crippen LogP contribution in [0, 0.1) is 5.92 Å². The van der Waals surface area contributed by atoms with Crippen molar-refractivity contribution in [3.8, 4) is 0 Å². The molecule has 0 N–H and O–H groups in total. The Bertz CT molecular complexity index is 635. The Morgan fingerprint density at radius 1 is 1.38 bits per heavy atom. The highest BCUT2D eigenvalue weighted by Crippen LogP contribution is 2.51. The van der Waals surface area contributed by atoms with E-state index in [0.717, 1.165) is 5.56 Å². The van der Waals surface area contributed by atoms with Crippen molar-refractivity contribution in [1.29, 1.82) is 0 Å². The fourth-order valence-electron chi connectivity index (χ4n) is 3.24. The highest BCUT2D eigenvalue weighted by molar-refractivity contribution is 6.37. The van der Waals surface area contributed by atoms with Crippen molar-refractivity contribution in [3.63, 3.8) is 0 Å². The number of oxime groups is 1. The Hall–Kier alpha value is -2.02. The average Bonchev–Trinajstić information content (AvgIpc) is 2.98. The lowest BCUT2D eigenvalue weighted by molar-refractivity contribution is -0.135. The first-order valence-electron chi connectivity index (χ1n) is 7.88. The quantitative estimate of drug-likeness (QED) is 0.748. The second-order valence-corrected chi connectivity index (χ2v) is 6.12. The zero-order valence-corrected chi connectivity index (χ0v) is 13.3. The van der Waals surface area contributed by atoms with Gasteiger partial charge in [0.1, 0.15) is 0 Å². The smallest absolute Gasteiger partial charge is 0.356 e. The van der Waals surface area contributed by atoms with Crippen LogP contribution in [0.3, 0.4) is 0 Å². The van der Waals surface area contributed by atoms with Crippen LogP contribution in [0.2, 0.25) is 0 Å². The third-order valence-electron chi connectivity index (χ3n) is 4.29. The zero-order valence-electron chi connectivity index (χ0n) is 13.3. The molecule has 1 fully saturated rings. The van der Waals surface area contributed by atoms with Gasteiger partial charge in [0.25, 0.3) is 5.92 Å². The van der Waals surface area contributed by atoms with E-state index in [4.69, 9.17) is 14.3 Å². The molecular formula is C17H19F2NO4. The van der Waals surface area contributed by atoms with Crippen LogP contribution in [-0.2, 0) is 25.7 Å². The van der Waals surface area contributed by atoms with E-state index in [2.05, 4.69) is 5.16 Å². The lowest BCUT2D eigenvalue weighted by atomic mass is 9.88. The maximum absolute atomic E-state index is 13.9. The summed E-state index contributed by atoms with van der Waals surface area (Å²) in [4.78, 5) is 17.2. The molecule has 0 radical (unpaired) electrons. The van der Waals surface area contributed by atoms with Crippen LogP contribution in [0.5, 0.6) is 0 Å². The van der Waals surface area contributed by atoms with Gasteiger partial charge in [-0.05, 0) is 12.5 Å². The number of fused-ring (bicyclic) bond motifs is 1. The largest absolute Gasteiger partial charge is 0.461 e. The lowest BCUT2D eigenvalue weighted by Crippen LogP contribution is -2.41. The number of rotatable bonds is 6. The van der Waals surface area contributed by atoms with Crippen LogP contribution in [-0.4, -0.2) is 36.4 Å². The van der Waals surface area contributed by atoms with Crippen LogP contribution in [0.1, 0.15) is 25.3 Å². The molecule has 0 amide bonds. The number of halogens is 2. The average molecular weight is 339 g/mol. The number of alkyl halides is 2. The molecule has 5 nitrogen and oxygen atoms in total. The normalized spacial score (nSPS) is 27.3. The highest BCUT2D eigenvalue weighted by atomic mass is 19.3. The van der Waals surface area contributed by atoms with Gasteiger partial charge in [0.15, 0.2) is 11.3 Å². The number of esters is 1. The molecule has 0 spiro atoms. The summed E-state index contributed by atoms with van der Waals surface area (Å²) in [5, 5.41) is 3.73. The van der Waals surface area contributed by atoms with Crippen molar-refractivity contribution < 1.29 is 27.9 Å². The molecular weight excluding hydrogens is 320 g/mol. The fourth-order valence-corrected chi connectivity index (χ4v) is 3.24. The summed E-state index contributed by atoms with van der Waals surface area (Å²) in [5.74, 6) is -4.44. The van der Waals surface area contributed by atoms with Gasteiger partial charge in [-0.3, -0.25) is 0 Å². The molecule has 1 saturated carbocycles. The minimum absolute atomic E-state index is 0.0610. The summed E-state index contributed by atoms with van der Waals surface area (Å²) in [6.07, 6.45) is -1.01. The Balaban J connectivity index is 1.69. The van der Waals surface area contributed by atoms with Gasteiger partial charge >= 0.3 is 5.97 Å². The molecule has 1 heterocycles. The minimum Gasteiger partial charge on any atom is -0.461 e. The van der Waals surface area contributed by atoms with Crippen LogP contribution in [0.15, 0.2) is 35.5 Å². The van der Waals surface area contributed by atoms with E-state index >= 15 is 0 Å². The molecule has 7 heteroatoms. The van der Waals surface area contributed by atoms with Crippen LogP contribution in [0.25, 0.3) is 0 Å². The maximum atomic E-state index is 13.9. The highest BCUT2D eigenvalue weighted by Gasteiger charge is 2.64. The molecule has 1 aliphatic carbocycles. The summed E-state index contributed by atoms with van der Waals surface area (Å²) in [7, 11) is 0. The van der Waals surface area contributed by atoms with Crippen molar-refractivity contribution in [3.05, 3.63) is 35.9 Å². The zero-order chi connectivity index (χ0) is 17.2. The predicted molar refractivity (Wildman–Crippen MR) is 81.7 cm³/mol. The predicted octanol–water partition coefficient (Wildman–Crippen LogP) is 2.94. The first kappa shape index (κ1) is 16.8. The molecule has 1 aliphatic heterocycles. The van der Waals surface area contributed by atoms with Gasteiger partial charge in [0.2, 0.25) is 0 Å². The number of hydrogen-bond acceptors (Lipinski definition) is 5. The number of ether oxygens (including phenoxy) is 2. The van der Waals surface area contributed by atoms with Gasteiger partial charge in [-0.2, -0.15) is 0 Å². The summed E-state index contributed by atoms with van der Waals surface area (Å²) in [6, 6.07) is 9.40. The molecule has 130 valence electrons. The van der Waals surface area contributed by atoms with Crippen molar-refractivity contribution in [2.45, 2.75) is 37.9 Å². The van der Waals surface area contributed by atoms with Crippen molar-refractivity contribution in [2.75, 3.05) is 13.2 Å². The Kier molecular flexibility index (Phi) is 4.54. The van der Waals surface area contributed by atoms with Crippen LogP contribution in [0.4, 0.5) is 8.78 Å². The molecule has 0 unspecified atom stereocenters. The minimum atomic E-state index is -2.92. The number of benzene rings is 1. The molecule has 0 bridgehead atoms. The summed E-state index contributed by atoms with van der Waals surface area (Å²) < 4.78 is 38.4. The maximum Gasteiger partial charge on any atom is 0.356 e. The third kappa shape index (κ3) is 3.26. The third-order valence-corrected chi connectivity index (χ3v) is 4.29. The van der Waals surface area contributed by atoms with E-state index in [1.165, 1.54) is 0 Å². The SMILES string of the molecule is CCOC(=O)C1=NO[C@]2(COCc3ccccc3)CC(F)(F)C[C@H]12. The molecule has 1 aromatic carbocycles. The monoisotopic (exact) mass is 339 g/mol. The number of nitrogens with zero attached hydrogens (tertiary/aromatic N) is 1. The van der Waals surface area contributed by atoms with Crippen LogP contribution >= 0.6 is 0 Å². The van der Waals surface area contributed by atoms with E-state index in [1.807, 2.05) is 30.3 Å². The molecule has 3 rings (SSSR count). The van der Waals surface area contributed by atoms with Crippen LogP contribution < -0.4 is 0 Å². The fraction of sp³-hybridized carbons (Fsp3) is 0.529. The number of carbonyl (C=O) groups is 1. The van der Waals surface area contributed by atoms with E-state index in [-0.39, 0.29) is 25.5 Å². The van der Waals surface area contributed by atoms with Gasteiger partial charge in [0.05, 0.1) is 32.2 Å². The van der Waals surface area contributed by atoms with Gasteiger partial charge in [-0.25, -0.2) is 13.6 Å². The van der Waals surface area contributed by atoms with Crippen molar-refractivity contribution >= 4 is 11.7 Å². The van der Waals surface area contributed by atoms with E-state index in [1.54, 1.807) is 6.92 Å². The topological polar surface area (TPSA) is 57.1 Å². The second kappa shape index (κ2) is 6.47. The molecule has 2 atom stereocenters. The molecule has 2 aliphatic rings. The number of hydrogen-bond donors (Lipinski definition) is 0. The summed E-state index contributed by atoms with van der Waals surface area (Å²) in [5.41, 5.74) is -0.447. The van der Waals surface area contributed by atoms with E-state index < -0.39 is 36.3 Å². The van der Waals surface area contributed by atoms with E-state index in [9.17, 15) is 13.6 Å². The van der Waals surface area contributed by atoms with Gasteiger partial charge in [-0.15, -0.1) is 0 Å². The molecule has 1 aromatic rings. The summed E-state index contributed by atoms with van der Waals surface area (Å²) >= 11 is 0. The second-order valence-electron chi connectivity index (χ2n) is 6.12. The number of carbonyl (C=O) groups excluding carboxylic acids is 1. The van der Waals surface area contributed by atoms with E-state index in [0.29, 0.717) is 0 Å². The molecule has 24 heavy (non-hydrogen) atoms. The standard InChI is InChI=1S/C17H19F2NO4/c1-2-23-15(21)14-13-8-17(18,19)10-16(13,24-20-14)11-22-9-12-6-4-3-5-7-12/h3-7,13H,2,8-11H2,1H3/t13-,16+/m1/s1. The van der Waals surface area contributed by atoms with Gasteiger partial charge in [0, 0.05) is 6.42 Å².